The molecule has 1 saturated heterocycles. The molecular weight excluding hydrogens is 304 g/mol. The molecule has 1 heterocycles. The van der Waals surface area contributed by atoms with Crippen molar-refractivity contribution in [2.75, 3.05) is 32.8 Å². The summed E-state index contributed by atoms with van der Waals surface area (Å²) in [6.07, 6.45) is 0. The Bertz CT molecular complexity index is 345. The first-order valence-corrected chi connectivity index (χ1v) is 6.36. The standard InChI is InChI=1S/C12H17BrN2O.ClH/c13-11-3-1-2-10(8-11)12(14)9-15-4-6-16-7-5-15;/h1-3,8,12H,4-7,9,14H2;1H. The van der Waals surface area contributed by atoms with Crippen molar-refractivity contribution in [2.24, 2.45) is 5.73 Å². The van der Waals surface area contributed by atoms with Crippen molar-refractivity contribution in [2.45, 2.75) is 6.04 Å². The summed E-state index contributed by atoms with van der Waals surface area (Å²) in [4.78, 5) is 2.36. The highest BCUT2D eigenvalue weighted by Crippen LogP contribution is 2.17. The Balaban J connectivity index is 0.00000144. The van der Waals surface area contributed by atoms with Gasteiger partial charge in [0.2, 0.25) is 0 Å². The van der Waals surface area contributed by atoms with Gasteiger partial charge in [0.25, 0.3) is 0 Å². The summed E-state index contributed by atoms with van der Waals surface area (Å²) in [6, 6.07) is 8.29. The first kappa shape index (κ1) is 14.9. The fraction of sp³-hybridized carbons (Fsp3) is 0.500. The second-order valence-corrected chi connectivity index (χ2v) is 4.99. The number of morpholine rings is 1. The number of nitrogens with two attached hydrogens (primary N) is 1. The van der Waals surface area contributed by atoms with Crippen molar-refractivity contribution < 1.29 is 4.74 Å². The van der Waals surface area contributed by atoms with Crippen LogP contribution in [0.15, 0.2) is 28.7 Å². The fourth-order valence-corrected chi connectivity index (χ4v) is 2.32. The van der Waals surface area contributed by atoms with Crippen LogP contribution in [0.1, 0.15) is 11.6 Å². The zero-order valence-corrected chi connectivity index (χ0v) is 12.0. The SMILES string of the molecule is Cl.NC(CN1CCOCC1)c1cccc(Br)c1. The molecule has 5 heteroatoms. The number of hydrogen-bond acceptors (Lipinski definition) is 3. The monoisotopic (exact) mass is 320 g/mol. The molecule has 0 aromatic heterocycles. The van der Waals surface area contributed by atoms with Crippen LogP contribution in [0.3, 0.4) is 0 Å². The van der Waals surface area contributed by atoms with Crippen molar-refractivity contribution in [3.05, 3.63) is 34.3 Å². The molecule has 3 nitrogen and oxygen atoms in total. The molecule has 0 bridgehead atoms. The molecule has 1 aliphatic heterocycles. The van der Waals surface area contributed by atoms with Gasteiger partial charge in [-0.15, -0.1) is 12.4 Å². The Labute approximate surface area is 117 Å². The molecule has 0 radical (unpaired) electrons. The normalized spacial score (nSPS) is 18.5. The van der Waals surface area contributed by atoms with Gasteiger partial charge in [0.1, 0.15) is 0 Å². The van der Waals surface area contributed by atoms with E-state index in [1.54, 1.807) is 0 Å². The molecule has 2 rings (SSSR count). The first-order chi connectivity index (χ1) is 7.75. The number of hydrogen-bond donors (Lipinski definition) is 1. The minimum atomic E-state index is 0. The molecule has 1 aliphatic rings. The Morgan fingerprint density at radius 1 is 1.35 bits per heavy atom. The molecular formula is C12H18BrClN2O. The van der Waals surface area contributed by atoms with Gasteiger partial charge in [-0.05, 0) is 17.7 Å². The zero-order chi connectivity index (χ0) is 11.4. The lowest BCUT2D eigenvalue weighted by Crippen LogP contribution is -2.40. The molecule has 17 heavy (non-hydrogen) atoms. The molecule has 96 valence electrons. The highest BCUT2D eigenvalue weighted by molar-refractivity contribution is 9.10. The molecule has 0 saturated carbocycles. The van der Waals surface area contributed by atoms with Crippen molar-refractivity contribution in [1.82, 2.24) is 4.90 Å². The minimum absolute atomic E-state index is 0. The predicted octanol–water partition coefficient (Wildman–Crippen LogP) is 2.20. The quantitative estimate of drug-likeness (QED) is 0.927. The Morgan fingerprint density at radius 3 is 2.71 bits per heavy atom. The van der Waals surface area contributed by atoms with E-state index in [4.69, 9.17) is 10.5 Å². The highest BCUT2D eigenvalue weighted by atomic mass is 79.9. The molecule has 1 fully saturated rings. The Morgan fingerprint density at radius 2 is 2.06 bits per heavy atom. The van der Waals surface area contributed by atoms with E-state index in [0.29, 0.717) is 0 Å². The van der Waals surface area contributed by atoms with Crippen LogP contribution in [0.5, 0.6) is 0 Å². The molecule has 0 aliphatic carbocycles. The maximum atomic E-state index is 6.19. The number of ether oxygens (including phenoxy) is 1. The molecule has 1 aromatic rings. The number of nitrogens with zero attached hydrogens (tertiary/aromatic N) is 1. The average molecular weight is 322 g/mol. The van der Waals surface area contributed by atoms with E-state index in [1.165, 1.54) is 5.56 Å². The van der Waals surface area contributed by atoms with Gasteiger partial charge in [-0.2, -0.15) is 0 Å². The van der Waals surface area contributed by atoms with Crippen molar-refractivity contribution in [3.8, 4) is 0 Å². The van der Waals surface area contributed by atoms with Gasteiger partial charge < -0.3 is 10.5 Å². The van der Waals surface area contributed by atoms with Gasteiger partial charge in [0.05, 0.1) is 13.2 Å². The summed E-state index contributed by atoms with van der Waals surface area (Å²) in [7, 11) is 0. The van der Waals surface area contributed by atoms with Gasteiger partial charge in [0, 0.05) is 30.1 Å². The van der Waals surface area contributed by atoms with E-state index >= 15 is 0 Å². The lowest BCUT2D eigenvalue weighted by molar-refractivity contribution is 0.0352. The first-order valence-electron chi connectivity index (χ1n) is 5.57. The fourth-order valence-electron chi connectivity index (χ4n) is 1.90. The summed E-state index contributed by atoms with van der Waals surface area (Å²) in [5.74, 6) is 0. The topological polar surface area (TPSA) is 38.5 Å². The van der Waals surface area contributed by atoms with Gasteiger partial charge in [-0.1, -0.05) is 28.1 Å². The Hall–Kier alpha value is -0.130. The summed E-state index contributed by atoms with van der Waals surface area (Å²) in [5.41, 5.74) is 7.37. The minimum Gasteiger partial charge on any atom is -0.379 e. The smallest absolute Gasteiger partial charge is 0.0594 e. The molecule has 1 atom stereocenters. The maximum Gasteiger partial charge on any atom is 0.0594 e. The van der Waals surface area contributed by atoms with Crippen LogP contribution in [0.4, 0.5) is 0 Å². The van der Waals surface area contributed by atoms with Gasteiger partial charge in [0.15, 0.2) is 0 Å². The number of benzene rings is 1. The lowest BCUT2D eigenvalue weighted by atomic mass is 10.1. The van der Waals surface area contributed by atoms with E-state index in [2.05, 4.69) is 33.0 Å². The van der Waals surface area contributed by atoms with E-state index in [1.807, 2.05) is 12.1 Å². The van der Waals surface area contributed by atoms with E-state index in [9.17, 15) is 0 Å². The van der Waals surface area contributed by atoms with Crippen LogP contribution in [0, 0.1) is 0 Å². The average Bonchev–Trinajstić information content (AvgIpc) is 2.30. The van der Waals surface area contributed by atoms with Gasteiger partial charge in [-0.25, -0.2) is 0 Å². The lowest BCUT2D eigenvalue weighted by Gasteiger charge is -2.29. The van der Waals surface area contributed by atoms with Crippen molar-refractivity contribution >= 4 is 28.3 Å². The summed E-state index contributed by atoms with van der Waals surface area (Å²) in [6.45, 7) is 4.53. The summed E-state index contributed by atoms with van der Waals surface area (Å²) in [5, 5.41) is 0. The van der Waals surface area contributed by atoms with Crippen LogP contribution in [-0.2, 0) is 4.74 Å². The van der Waals surface area contributed by atoms with E-state index in [0.717, 1.165) is 37.3 Å². The van der Waals surface area contributed by atoms with Gasteiger partial charge >= 0.3 is 0 Å². The third kappa shape index (κ3) is 4.56. The van der Waals surface area contributed by atoms with Crippen molar-refractivity contribution in [3.63, 3.8) is 0 Å². The van der Waals surface area contributed by atoms with Crippen LogP contribution < -0.4 is 5.73 Å². The van der Waals surface area contributed by atoms with Crippen LogP contribution in [0.25, 0.3) is 0 Å². The molecule has 0 amide bonds. The Kier molecular flexibility index (Phi) is 6.44. The van der Waals surface area contributed by atoms with E-state index < -0.39 is 0 Å². The van der Waals surface area contributed by atoms with Gasteiger partial charge in [-0.3, -0.25) is 4.90 Å². The molecule has 2 N–H and O–H groups in total. The predicted molar refractivity (Wildman–Crippen MR) is 75.6 cm³/mol. The molecule has 0 spiro atoms. The summed E-state index contributed by atoms with van der Waals surface area (Å²) >= 11 is 3.47. The second kappa shape index (κ2) is 7.34. The van der Waals surface area contributed by atoms with Crippen LogP contribution in [-0.4, -0.2) is 37.7 Å². The zero-order valence-electron chi connectivity index (χ0n) is 9.64. The van der Waals surface area contributed by atoms with Crippen LogP contribution >= 0.6 is 28.3 Å². The molecule has 1 aromatic carbocycles. The number of halogens is 2. The highest BCUT2D eigenvalue weighted by Gasteiger charge is 2.15. The van der Waals surface area contributed by atoms with Crippen LogP contribution in [0.2, 0.25) is 0 Å². The largest absolute Gasteiger partial charge is 0.379 e. The van der Waals surface area contributed by atoms with E-state index in [-0.39, 0.29) is 18.4 Å². The second-order valence-electron chi connectivity index (χ2n) is 4.07. The third-order valence-electron chi connectivity index (χ3n) is 2.84. The summed E-state index contributed by atoms with van der Waals surface area (Å²) < 4.78 is 6.40. The third-order valence-corrected chi connectivity index (χ3v) is 3.33. The number of rotatable bonds is 3. The molecule has 1 unspecified atom stereocenters. The maximum absolute atomic E-state index is 6.19. The van der Waals surface area contributed by atoms with Crippen molar-refractivity contribution in [1.29, 1.82) is 0 Å².